The molecular weight excluding hydrogens is 452 g/mol. The highest BCUT2D eigenvalue weighted by Gasteiger charge is 2.25. The van der Waals surface area contributed by atoms with Gasteiger partial charge in [0.1, 0.15) is 23.0 Å². The lowest BCUT2D eigenvalue weighted by Gasteiger charge is -2.17. The molecule has 0 unspecified atom stereocenters. The summed E-state index contributed by atoms with van der Waals surface area (Å²) < 4.78 is 60.1. The number of hydrogen-bond acceptors (Lipinski definition) is 3. The van der Waals surface area contributed by atoms with E-state index < -0.39 is 62.4 Å². The van der Waals surface area contributed by atoms with Crippen LogP contribution in [0.4, 0.5) is 17.6 Å². The van der Waals surface area contributed by atoms with Gasteiger partial charge < -0.3 is 9.67 Å². The fourth-order valence-corrected chi connectivity index (χ4v) is 4.42. The molecule has 0 saturated carbocycles. The number of fused-ring (bicyclic) bond motifs is 2. The Bertz CT molecular complexity index is 1580. The van der Waals surface area contributed by atoms with Crippen molar-refractivity contribution in [3.63, 3.8) is 0 Å². The molecular formula is C25H16F4N2O3. The maximum atomic E-state index is 16.0. The number of carboxylic acid groups (broad SMARTS) is 1. The van der Waals surface area contributed by atoms with Gasteiger partial charge in [0.05, 0.1) is 22.2 Å². The number of hydrogen-bond donors (Lipinski definition) is 1. The molecule has 0 radical (unpaired) electrons. The molecule has 1 aromatic heterocycles. The molecule has 0 fully saturated rings. The van der Waals surface area contributed by atoms with Crippen molar-refractivity contribution in [3.05, 3.63) is 98.8 Å². The van der Waals surface area contributed by atoms with Gasteiger partial charge in [-0.15, -0.1) is 0 Å². The molecule has 1 aliphatic heterocycles. The van der Waals surface area contributed by atoms with Crippen molar-refractivity contribution < 1.29 is 27.5 Å². The third-order valence-electron chi connectivity index (χ3n) is 5.96. The maximum absolute atomic E-state index is 16.0. The SMILES string of the molecule is CN1Cc2ccc(-c3c(F)cc4c(=O)c(C(=O)O)cn(-c5ccc(F)cc5F)c4c3F)cc2C1. The zero-order valence-electron chi connectivity index (χ0n) is 17.7. The first-order valence-corrected chi connectivity index (χ1v) is 10.2. The van der Waals surface area contributed by atoms with Gasteiger partial charge in [-0.1, -0.05) is 12.1 Å². The second-order valence-corrected chi connectivity index (χ2v) is 8.24. The van der Waals surface area contributed by atoms with E-state index >= 15 is 8.78 Å². The van der Waals surface area contributed by atoms with Crippen molar-refractivity contribution >= 4 is 16.9 Å². The molecule has 4 aromatic rings. The van der Waals surface area contributed by atoms with Gasteiger partial charge in [0.2, 0.25) is 5.43 Å². The van der Waals surface area contributed by atoms with Crippen LogP contribution in [0, 0.1) is 23.3 Å². The normalized spacial score (nSPS) is 13.4. The smallest absolute Gasteiger partial charge is 0.341 e. The van der Waals surface area contributed by atoms with Crippen LogP contribution >= 0.6 is 0 Å². The Morgan fingerprint density at radius 2 is 1.68 bits per heavy atom. The number of carboxylic acids is 1. The van der Waals surface area contributed by atoms with Crippen molar-refractivity contribution in [1.29, 1.82) is 0 Å². The molecule has 0 atom stereocenters. The summed E-state index contributed by atoms with van der Waals surface area (Å²) in [7, 11) is 1.91. The Kier molecular flexibility index (Phi) is 5.02. The fraction of sp³-hybridized carbons (Fsp3) is 0.120. The van der Waals surface area contributed by atoms with E-state index in [2.05, 4.69) is 0 Å². The molecule has 34 heavy (non-hydrogen) atoms. The van der Waals surface area contributed by atoms with Crippen LogP contribution in [0.15, 0.2) is 53.5 Å². The minimum absolute atomic E-state index is 0.215. The standard InChI is InChI=1S/C25H16F4N2O3/c1-30-9-13-3-2-12(6-14(13)10-30)21-19(28)8-16-23(22(21)29)31(11-17(24(16)32)25(33)34)20-5-4-15(26)7-18(20)27/h2-8,11H,9-10H2,1H3,(H,33,34). The summed E-state index contributed by atoms with van der Waals surface area (Å²) in [5.41, 5.74) is -1.18. The molecule has 0 bridgehead atoms. The molecule has 172 valence electrons. The van der Waals surface area contributed by atoms with Crippen LogP contribution in [0.1, 0.15) is 21.5 Å². The Balaban J connectivity index is 1.87. The van der Waals surface area contributed by atoms with Gasteiger partial charge in [0.15, 0.2) is 5.82 Å². The van der Waals surface area contributed by atoms with Crippen molar-refractivity contribution in [3.8, 4) is 16.8 Å². The Hall–Kier alpha value is -3.98. The van der Waals surface area contributed by atoms with Gasteiger partial charge in [-0.25, -0.2) is 22.4 Å². The van der Waals surface area contributed by atoms with Crippen molar-refractivity contribution in [2.24, 2.45) is 0 Å². The van der Waals surface area contributed by atoms with Gasteiger partial charge in [-0.2, -0.15) is 0 Å². The van der Waals surface area contributed by atoms with E-state index in [1.807, 2.05) is 11.9 Å². The predicted molar refractivity (Wildman–Crippen MR) is 117 cm³/mol. The number of aromatic carboxylic acids is 1. The van der Waals surface area contributed by atoms with E-state index in [9.17, 15) is 23.5 Å². The molecule has 0 spiro atoms. The lowest BCUT2D eigenvalue weighted by Crippen LogP contribution is -2.20. The molecule has 1 aliphatic rings. The predicted octanol–water partition coefficient (Wildman–Crippen LogP) is 4.86. The molecule has 1 N–H and O–H groups in total. The summed E-state index contributed by atoms with van der Waals surface area (Å²) in [4.78, 5) is 26.4. The van der Waals surface area contributed by atoms with Crippen LogP contribution in [0.5, 0.6) is 0 Å². The van der Waals surface area contributed by atoms with Crippen LogP contribution in [0.25, 0.3) is 27.7 Å². The quantitative estimate of drug-likeness (QED) is 0.437. The summed E-state index contributed by atoms with van der Waals surface area (Å²) >= 11 is 0. The largest absolute Gasteiger partial charge is 0.477 e. The highest BCUT2D eigenvalue weighted by molar-refractivity contribution is 5.95. The Morgan fingerprint density at radius 3 is 2.38 bits per heavy atom. The van der Waals surface area contributed by atoms with E-state index in [0.29, 0.717) is 19.2 Å². The molecule has 5 rings (SSSR count). The fourth-order valence-electron chi connectivity index (χ4n) is 4.42. The summed E-state index contributed by atoms with van der Waals surface area (Å²) in [5, 5.41) is 8.85. The van der Waals surface area contributed by atoms with Crippen LogP contribution in [0.2, 0.25) is 0 Å². The molecule has 0 amide bonds. The van der Waals surface area contributed by atoms with Crippen LogP contribution < -0.4 is 5.43 Å². The molecule has 9 heteroatoms. The minimum atomic E-state index is -1.66. The van der Waals surface area contributed by atoms with E-state index in [1.54, 1.807) is 18.2 Å². The average molecular weight is 468 g/mol. The van der Waals surface area contributed by atoms with Gasteiger partial charge in [0.25, 0.3) is 0 Å². The van der Waals surface area contributed by atoms with Crippen LogP contribution in [-0.4, -0.2) is 27.6 Å². The van der Waals surface area contributed by atoms with Crippen molar-refractivity contribution in [2.45, 2.75) is 13.1 Å². The first-order valence-electron chi connectivity index (χ1n) is 10.2. The van der Waals surface area contributed by atoms with Crippen LogP contribution in [0.3, 0.4) is 0 Å². The number of nitrogens with zero attached hydrogens (tertiary/aromatic N) is 2. The first kappa shape index (κ1) is 21.8. The van der Waals surface area contributed by atoms with Gasteiger partial charge in [-0.05, 0) is 48.0 Å². The van der Waals surface area contributed by atoms with Crippen molar-refractivity contribution in [1.82, 2.24) is 9.47 Å². The van der Waals surface area contributed by atoms with Gasteiger partial charge >= 0.3 is 5.97 Å². The summed E-state index contributed by atoms with van der Waals surface area (Å²) in [6.07, 6.45) is 0.756. The summed E-state index contributed by atoms with van der Waals surface area (Å²) in [5.74, 6) is -5.91. The Labute approximate surface area is 190 Å². The average Bonchev–Trinajstić information content (AvgIpc) is 3.14. The number of carbonyl (C=O) groups is 1. The third-order valence-corrected chi connectivity index (χ3v) is 5.96. The minimum Gasteiger partial charge on any atom is -0.477 e. The monoisotopic (exact) mass is 468 g/mol. The van der Waals surface area contributed by atoms with Gasteiger partial charge in [-0.3, -0.25) is 9.69 Å². The van der Waals surface area contributed by atoms with Gasteiger partial charge in [0, 0.05) is 25.4 Å². The second-order valence-electron chi connectivity index (χ2n) is 8.24. The highest BCUT2D eigenvalue weighted by Crippen LogP contribution is 2.35. The molecule has 3 aromatic carbocycles. The van der Waals surface area contributed by atoms with Crippen LogP contribution in [-0.2, 0) is 13.1 Å². The first-order chi connectivity index (χ1) is 16.2. The molecule has 2 heterocycles. The number of aromatic nitrogens is 1. The number of pyridine rings is 1. The lowest BCUT2D eigenvalue weighted by atomic mass is 9.97. The molecule has 0 aliphatic carbocycles. The molecule has 5 nitrogen and oxygen atoms in total. The van der Waals surface area contributed by atoms with E-state index in [-0.39, 0.29) is 5.56 Å². The van der Waals surface area contributed by atoms with Crippen molar-refractivity contribution in [2.75, 3.05) is 7.05 Å². The lowest BCUT2D eigenvalue weighted by molar-refractivity contribution is 0.0695. The Morgan fingerprint density at radius 1 is 0.941 bits per heavy atom. The number of rotatable bonds is 3. The summed E-state index contributed by atoms with van der Waals surface area (Å²) in [6, 6.07) is 8.14. The van der Waals surface area contributed by atoms with E-state index in [4.69, 9.17) is 0 Å². The third kappa shape index (κ3) is 3.36. The number of benzene rings is 3. The zero-order chi connectivity index (χ0) is 24.3. The highest BCUT2D eigenvalue weighted by atomic mass is 19.1. The summed E-state index contributed by atoms with van der Waals surface area (Å²) in [6.45, 7) is 1.28. The van der Waals surface area contributed by atoms with E-state index in [0.717, 1.165) is 40.1 Å². The van der Waals surface area contributed by atoms with E-state index in [1.165, 1.54) is 0 Å². The second kappa shape index (κ2) is 7.81. The molecule has 0 saturated heterocycles. The maximum Gasteiger partial charge on any atom is 0.341 e. The number of halogens is 4. The topological polar surface area (TPSA) is 62.5 Å². The zero-order valence-corrected chi connectivity index (χ0v) is 17.7.